The normalized spacial score (nSPS) is 10.9. The molecule has 2 aromatic carbocycles. The lowest BCUT2D eigenvalue weighted by molar-refractivity contribution is 0.299. The summed E-state index contributed by atoms with van der Waals surface area (Å²) in [5.74, 6) is 1.49. The minimum absolute atomic E-state index is 0.0514. The Hall–Kier alpha value is -3.54. The van der Waals surface area contributed by atoms with E-state index in [4.69, 9.17) is 22.4 Å². The van der Waals surface area contributed by atoms with E-state index in [-0.39, 0.29) is 28.3 Å². The zero-order valence-electron chi connectivity index (χ0n) is 18.5. The maximum Gasteiger partial charge on any atom is 0.229 e. The fourth-order valence-corrected chi connectivity index (χ4v) is 4.20. The number of anilines is 3. The molecule has 178 valence electrons. The lowest BCUT2D eigenvalue weighted by Gasteiger charge is -2.09. The minimum atomic E-state index is -3.39. The number of nitrogens with two attached hydrogens (primary N) is 1. The Kier molecular flexibility index (Phi) is 8.16. The number of hydrogen-bond acceptors (Lipinski definition) is 9. The van der Waals surface area contributed by atoms with Crippen molar-refractivity contribution in [1.29, 1.82) is 0 Å². The number of aromatic nitrogens is 5. The van der Waals surface area contributed by atoms with Crippen LogP contribution in [-0.2, 0) is 16.3 Å². The lowest BCUT2D eigenvalue weighted by Crippen LogP contribution is -2.03. The lowest BCUT2D eigenvalue weighted by atomic mass is 10.2. The van der Waals surface area contributed by atoms with Gasteiger partial charge in [0.25, 0.3) is 0 Å². The Morgan fingerprint density at radius 2 is 1.88 bits per heavy atom. The summed E-state index contributed by atoms with van der Waals surface area (Å²) in [6.45, 7) is 2.01. The van der Waals surface area contributed by atoms with Gasteiger partial charge in [-0.2, -0.15) is 10.1 Å². The predicted molar refractivity (Wildman–Crippen MR) is 132 cm³/mol. The molecule has 12 heteroatoms. The summed E-state index contributed by atoms with van der Waals surface area (Å²) in [5, 5.41) is 18.3. The van der Waals surface area contributed by atoms with Gasteiger partial charge in [0.2, 0.25) is 5.95 Å². The number of aryl methyl sites for hydroxylation is 1. The van der Waals surface area contributed by atoms with Gasteiger partial charge in [0.05, 0.1) is 15.5 Å². The molecule has 4 rings (SSSR count). The number of aliphatic hydroxyl groups is 1. The number of halogens is 1. The quantitative estimate of drug-likeness (QED) is 0.311. The van der Waals surface area contributed by atoms with Crippen LogP contribution in [0.15, 0.2) is 59.6 Å². The summed E-state index contributed by atoms with van der Waals surface area (Å²) in [6.07, 6.45) is 3.36. The molecule has 0 aliphatic carbocycles. The average molecular weight is 502 g/mol. The number of nitrogen functional groups attached to an aromatic ring is 1. The van der Waals surface area contributed by atoms with E-state index in [9.17, 15) is 8.42 Å². The SMILES string of the molecule is Cc1nc(-c2cnc(Nc3ccc(S(C)(=O)=O)c(Cl)c3)nc2N)n[nH]1.OCCc1ccccc1. The van der Waals surface area contributed by atoms with Crippen LogP contribution < -0.4 is 11.1 Å². The molecule has 0 aliphatic heterocycles. The van der Waals surface area contributed by atoms with E-state index in [2.05, 4.69) is 30.5 Å². The topological polar surface area (TPSA) is 160 Å². The van der Waals surface area contributed by atoms with E-state index in [1.807, 2.05) is 30.3 Å². The first-order valence-corrected chi connectivity index (χ1v) is 12.4. The number of aliphatic hydroxyl groups excluding tert-OH is 1. The number of benzene rings is 2. The van der Waals surface area contributed by atoms with Crippen molar-refractivity contribution in [1.82, 2.24) is 25.1 Å². The second-order valence-electron chi connectivity index (χ2n) is 7.24. The van der Waals surface area contributed by atoms with Crippen molar-refractivity contribution >= 4 is 38.9 Å². The van der Waals surface area contributed by atoms with Crippen molar-refractivity contribution in [2.24, 2.45) is 0 Å². The summed E-state index contributed by atoms with van der Waals surface area (Å²) >= 11 is 6.01. The molecule has 0 spiro atoms. The van der Waals surface area contributed by atoms with Crippen LogP contribution in [0.2, 0.25) is 5.02 Å². The number of hydrogen-bond donors (Lipinski definition) is 4. The number of rotatable bonds is 6. The van der Waals surface area contributed by atoms with Gasteiger partial charge in [0.1, 0.15) is 11.6 Å². The largest absolute Gasteiger partial charge is 0.396 e. The molecular formula is C22H24ClN7O3S. The van der Waals surface area contributed by atoms with E-state index in [1.54, 1.807) is 13.0 Å². The van der Waals surface area contributed by atoms with Crippen LogP contribution in [-0.4, -0.2) is 51.5 Å². The molecule has 0 unspecified atom stereocenters. The zero-order chi connectivity index (χ0) is 24.7. The van der Waals surface area contributed by atoms with Crippen LogP contribution in [0.5, 0.6) is 0 Å². The third-order valence-corrected chi connectivity index (χ3v) is 6.07. The first-order valence-electron chi connectivity index (χ1n) is 10.1. The molecule has 0 fully saturated rings. The van der Waals surface area contributed by atoms with E-state index >= 15 is 0 Å². The molecule has 0 atom stereocenters. The standard InChI is InChI=1S/C14H14ClN7O2S.C8H10O/c1-7-18-13(22-21-7)9-6-17-14(20-12(9)16)19-8-3-4-11(10(15)5-8)25(2,23)24;9-7-6-8-4-2-1-3-5-8/h3-6H,1-2H3,(H,18,21,22)(H3,16,17,19,20);1-5,9H,6-7H2. The number of aromatic amines is 1. The Bertz CT molecular complexity index is 1360. The number of sulfone groups is 1. The fraction of sp³-hybridized carbons (Fsp3) is 0.182. The molecule has 5 N–H and O–H groups in total. The summed E-state index contributed by atoms with van der Waals surface area (Å²) in [5.41, 5.74) is 8.16. The van der Waals surface area contributed by atoms with Crippen molar-refractivity contribution in [2.75, 3.05) is 23.9 Å². The Labute approximate surface area is 202 Å². The van der Waals surface area contributed by atoms with Gasteiger partial charge in [-0.3, -0.25) is 5.10 Å². The summed E-state index contributed by atoms with van der Waals surface area (Å²) in [7, 11) is -3.39. The average Bonchev–Trinajstić information content (AvgIpc) is 3.20. The van der Waals surface area contributed by atoms with Gasteiger partial charge < -0.3 is 16.2 Å². The molecule has 2 aromatic heterocycles. The third kappa shape index (κ3) is 6.73. The van der Waals surface area contributed by atoms with Gasteiger partial charge in [-0.05, 0) is 37.1 Å². The highest BCUT2D eigenvalue weighted by Gasteiger charge is 2.14. The van der Waals surface area contributed by atoms with Crippen LogP contribution in [0, 0.1) is 6.92 Å². The fourth-order valence-electron chi connectivity index (χ4n) is 2.87. The van der Waals surface area contributed by atoms with Crippen molar-refractivity contribution in [3.63, 3.8) is 0 Å². The highest BCUT2D eigenvalue weighted by atomic mass is 35.5. The summed E-state index contributed by atoms with van der Waals surface area (Å²) in [4.78, 5) is 12.5. The van der Waals surface area contributed by atoms with Gasteiger partial charge in [-0.25, -0.2) is 18.4 Å². The minimum Gasteiger partial charge on any atom is -0.396 e. The van der Waals surface area contributed by atoms with Gasteiger partial charge >= 0.3 is 0 Å². The van der Waals surface area contributed by atoms with Crippen molar-refractivity contribution in [2.45, 2.75) is 18.2 Å². The maximum atomic E-state index is 11.6. The first-order chi connectivity index (χ1) is 16.2. The second-order valence-corrected chi connectivity index (χ2v) is 9.63. The van der Waals surface area contributed by atoms with Crippen LogP contribution in [0.3, 0.4) is 0 Å². The van der Waals surface area contributed by atoms with E-state index < -0.39 is 9.84 Å². The molecule has 10 nitrogen and oxygen atoms in total. The molecule has 0 amide bonds. The van der Waals surface area contributed by atoms with Crippen molar-refractivity contribution in [3.05, 3.63) is 71.1 Å². The van der Waals surface area contributed by atoms with E-state index in [0.717, 1.165) is 12.7 Å². The number of H-pyrrole nitrogens is 1. The van der Waals surface area contributed by atoms with Crippen molar-refractivity contribution < 1.29 is 13.5 Å². The molecule has 0 bridgehead atoms. The van der Waals surface area contributed by atoms with Crippen molar-refractivity contribution in [3.8, 4) is 11.4 Å². The maximum absolute atomic E-state index is 11.6. The zero-order valence-corrected chi connectivity index (χ0v) is 20.1. The Morgan fingerprint density at radius 1 is 1.15 bits per heavy atom. The predicted octanol–water partition coefficient (Wildman–Crippen LogP) is 3.17. The summed E-state index contributed by atoms with van der Waals surface area (Å²) < 4.78 is 23.2. The van der Waals surface area contributed by atoms with Crippen LogP contribution in [0.25, 0.3) is 11.4 Å². The second kappa shape index (κ2) is 11.1. The Morgan fingerprint density at radius 3 is 2.44 bits per heavy atom. The number of nitrogens with zero attached hydrogens (tertiary/aromatic N) is 4. The molecule has 0 saturated heterocycles. The third-order valence-electron chi connectivity index (χ3n) is 4.49. The highest BCUT2D eigenvalue weighted by Crippen LogP contribution is 2.27. The first kappa shape index (κ1) is 25.1. The van der Waals surface area contributed by atoms with Gasteiger partial charge in [-0.15, -0.1) is 0 Å². The molecule has 4 aromatic rings. The number of nitrogens with one attached hydrogen (secondary N) is 2. The Balaban J connectivity index is 0.000000302. The van der Waals surface area contributed by atoms with Gasteiger partial charge in [0, 0.05) is 24.7 Å². The smallest absolute Gasteiger partial charge is 0.229 e. The van der Waals surface area contributed by atoms with E-state index in [1.165, 1.54) is 23.9 Å². The molecular weight excluding hydrogens is 478 g/mol. The molecule has 0 aliphatic rings. The van der Waals surface area contributed by atoms with E-state index in [0.29, 0.717) is 22.9 Å². The van der Waals surface area contributed by atoms with Crippen LogP contribution >= 0.6 is 11.6 Å². The molecule has 2 heterocycles. The van der Waals surface area contributed by atoms with Gasteiger partial charge in [0.15, 0.2) is 15.7 Å². The summed E-state index contributed by atoms with van der Waals surface area (Å²) in [6, 6.07) is 14.4. The van der Waals surface area contributed by atoms with Crippen LogP contribution in [0.1, 0.15) is 11.4 Å². The molecule has 0 saturated carbocycles. The van der Waals surface area contributed by atoms with Crippen LogP contribution in [0.4, 0.5) is 17.5 Å². The monoisotopic (exact) mass is 501 g/mol. The highest BCUT2D eigenvalue weighted by molar-refractivity contribution is 7.90. The molecule has 34 heavy (non-hydrogen) atoms. The molecule has 0 radical (unpaired) electrons. The van der Waals surface area contributed by atoms with Gasteiger partial charge in [-0.1, -0.05) is 41.9 Å².